The van der Waals surface area contributed by atoms with E-state index in [0.717, 1.165) is 18.3 Å². The summed E-state index contributed by atoms with van der Waals surface area (Å²) in [6.07, 6.45) is 0. The number of aryl methyl sites for hydroxylation is 1. The number of aromatic carboxylic acids is 1. The fourth-order valence-corrected chi connectivity index (χ4v) is 3.15. The molecule has 0 bridgehead atoms. The second kappa shape index (κ2) is 10.1. The maximum Gasteiger partial charge on any atom is 0.350 e. The molecule has 2 rings (SSSR count). The van der Waals surface area contributed by atoms with Crippen LogP contribution in [-0.2, 0) is 14.3 Å². The van der Waals surface area contributed by atoms with E-state index in [-0.39, 0.29) is 33.4 Å². The number of carbonyl (C=O) groups is 4. The number of carboxylic acid groups (broad SMARTS) is 1. The zero-order valence-corrected chi connectivity index (χ0v) is 17.5. The molecule has 2 aromatic rings. The van der Waals surface area contributed by atoms with Crippen molar-refractivity contribution in [1.29, 1.82) is 5.26 Å². The number of anilines is 2. The number of Topliss-reactive ketones (excluding diaryl/α,β-unsaturated/α-hetero) is 1. The molecule has 11 nitrogen and oxygen atoms in total. The lowest BCUT2D eigenvalue weighted by molar-refractivity contribution is -0.114. The fourth-order valence-electron chi connectivity index (χ4n) is 2.29. The number of carboxylic acids is 1. The lowest BCUT2D eigenvalue weighted by Gasteiger charge is -2.08. The Morgan fingerprint density at radius 3 is 2.61 bits per heavy atom. The molecule has 160 valence electrons. The minimum atomic E-state index is -1.29. The van der Waals surface area contributed by atoms with E-state index >= 15 is 0 Å². The van der Waals surface area contributed by atoms with Gasteiger partial charge in [-0.3, -0.25) is 20.3 Å². The average Bonchev–Trinajstić information content (AvgIpc) is 3.07. The van der Waals surface area contributed by atoms with Crippen LogP contribution in [0.25, 0.3) is 0 Å². The van der Waals surface area contributed by atoms with Gasteiger partial charge in [-0.15, -0.1) is 0 Å². The zero-order chi connectivity index (χ0) is 23.1. The summed E-state index contributed by atoms with van der Waals surface area (Å²) in [6, 6.07) is 5.58. The van der Waals surface area contributed by atoms with E-state index in [1.165, 1.54) is 18.2 Å². The van der Waals surface area contributed by atoms with Gasteiger partial charge in [0.15, 0.2) is 16.6 Å². The lowest BCUT2D eigenvalue weighted by Crippen LogP contribution is -2.29. The van der Waals surface area contributed by atoms with E-state index in [0.29, 0.717) is 5.69 Å². The molecule has 12 heteroatoms. The normalized spacial score (nSPS) is 10.7. The second-order valence-electron chi connectivity index (χ2n) is 5.91. The van der Waals surface area contributed by atoms with Gasteiger partial charge in [-0.1, -0.05) is 11.3 Å². The maximum absolute atomic E-state index is 12.5. The number of carbonyl (C=O) groups excluding carboxylic acids is 3. The van der Waals surface area contributed by atoms with Gasteiger partial charge in [0, 0.05) is 6.92 Å². The number of esters is 1. The summed E-state index contributed by atoms with van der Waals surface area (Å²) in [5.74, 6) is -3.51. The molecule has 1 heterocycles. The number of hydrogen-bond acceptors (Lipinski definition) is 10. The number of ether oxygens (including phenoxy) is 1. The van der Waals surface area contributed by atoms with Crippen LogP contribution in [0.3, 0.4) is 0 Å². The number of aromatic nitrogens is 1. The Kier molecular flexibility index (Phi) is 7.53. The van der Waals surface area contributed by atoms with E-state index < -0.39 is 29.3 Å². The second-order valence-corrected chi connectivity index (χ2v) is 6.91. The Morgan fingerprint density at radius 1 is 1.32 bits per heavy atom. The summed E-state index contributed by atoms with van der Waals surface area (Å²) in [7, 11) is 0. The van der Waals surface area contributed by atoms with Gasteiger partial charge >= 0.3 is 11.9 Å². The summed E-state index contributed by atoms with van der Waals surface area (Å²) in [4.78, 5) is 51.9. The van der Waals surface area contributed by atoms with Gasteiger partial charge in [-0.05, 0) is 32.0 Å². The van der Waals surface area contributed by atoms with E-state index in [1.807, 2.05) is 6.07 Å². The first-order chi connectivity index (χ1) is 14.7. The first-order valence-corrected chi connectivity index (χ1v) is 9.57. The highest BCUT2D eigenvalue weighted by molar-refractivity contribution is 7.17. The van der Waals surface area contributed by atoms with Crippen LogP contribution in [-0.4, -0.2) is 46.0 Å². The number of hydrazone groups is 1. The van der Waals surface area contributed by atoms with E-state index in [2.05, 4.69) is 20.8 Å². The number of nitrogens with zero attached hydrogens (tertiary/aromatic N) is 3. The molecule has 0 unspecified atom stereocenters. The standard InChI is InChI=1S/C19H17N5O6S/c1-4-30-18(29)15-9(2)21-19(31-15)22-16(26)14(10(3)25)24-23-13-7-11(8-20)5-6-12(13)17(27)28/h5-7,23H,4H2,1-3H3,(H,27,28)(H,21,22,26)/b24-14+. The van der Waals surface area contributed by atoms with Gasteiger partial charge in [0.2, 0.25) is 0 Å². The minimum absolute atomic E-state index is 0.0530. The SMILES string of the molecule is CCOC(=O)c1sc(NC(=O)/C(=N/Nc2cc(C#N)ccc2C(=O)O)C(C)=O)nc1C. The largest absolute Gasteiger partial charge is 0.478 e. The van der Waals surface area contributed by atoms with Gasteiger partial charge in [0.1, 0.15) is 4.88 Å². The van der Waals surface area contributed by atoms with Crippen molar-refractivity contribution in [1.82, 2.24) is 4.98 Å². The van der Waals surface area contributed by atoms with Gasteiger partial charge in [-0.2, -0.15) is 10.4 Å². The molecule has 3 N–H and O–H groups in total. The Hall–Kier alpha value is -4.11. The molecule has 0 saturated carbocycles. The van der Waals surface area contributed by atoms with Crippen LogP contribution in [0.5, 0.6) is 0 Å². The Labute approximate surface area is 180 Å². The average molecular weight is 443 g/mol. The molecule has 0 aliphatic heterocycles. The number of ketones is 1. The van der Waals surface area contributed by atoms with Gasteiger partial charge < -0.3 is 9.84 Å². The highest BCUT2D eigenvalue weighted by atomic mass is 32.1. The van der Waals surface area contributed by atoms with Crippen LogP contribution in [0.15, 0.2) is 23.3 Å². The van der Waals surface area contributed by atoms with Crippen LogP contribution < -0.4 is 10.7 Å². The van der Waals surface area contributed by atoms with Gasteiger partial charge in [-0.25, -0.2) is 14.6 Å². The molecule has 1 amide bonds. The third-order valence-corrected chi connectivity index (χ3v) is 4.75. The van der Waals surface area contributed by atoms with Crippen molar-refractivity contribution in [3.05, 3.63) is 39.9 Å². The van der Waals surface area contributed by atoms with Crippen LogP contribution in [0.1, 0.15) is 45.1 Å². The maximum atomic E-state index is 12.5. The molecule has 0 spiro atoms. The highest BCUT2D eigenvalue weighted by Crippen LogP contribution is 2.23. The van der Waals surface area contributed by atoms with Crippen LogP contribution in [0.2, 0.25) is 0 Å². The number of amides is 1. The molecular formula is C19H17N5O6S. The van der Waals surface area contributed by atoms with Crippen molar-refractivity contribution >= 4 is 51.5 Å². The topological polar surface area (TPSA) is 171 Å². The monoisotopic (exact) mass is 443 g/mol. The van der Waals surface area contributed by atoms with E-state index in [1.54, 1.807) is 13.8 Å². The first-order valence-electron chi connectivity index (χ1n) is 8.75. The fraction of sp³-hybridized carbons (Fsp3) is 0.211. The zero-order valence-electron chi connectivity index (χ0n) is 16.7. The molecule has 0 radical (unpaired) electrons. The minimum Gasteiger partial charge on any atom is -0.478 e. The van der Waals surface area contributed by atoms with Crippen molar-refractivity contribution < 1.29 is 29.0 Å². The highest BCUT2D eigenvalue weighted by Gasteiger charge is 2.22. The number of nitrogens with one attached hydrogen (secondary N) is 2. The van der Waals surface area contributed by atoms with Crippen LogP contribution in [0.4, 0.5) is 10.8 Å². The predicted octanol–water partition coefficient (Wildman–Crippen LogP) is 2.19. The third kappa shape index (κ3) is 5.71. The van der Waals surface area contributed by atoms with Gasteiger partial charge in [0.25, 0.3) is 5.91 Å². The van der Waals surface area contributed by atoms with Crippen molar-refractivity contribution in [2.45, 2.75) is 20.8 Å². The summed E-state index contributed by atoms with van der Waals surface area (Å²) in [6.45, 7) is 4.49. The van der Waals surface area contributed by atoms with E-state index in [4.69, 9.17) is 10.00 Å². The summed E-state index contributed by atoms with van der Waals surface area (Å²) < 4.78 is 4.91. The molecule has 0 atom stereocenters. The quantitative estimate of drug-likeness (QED) is 0.239. The number of benzene rings is 1. The molecule has 1 aromatic carbocycles. The smallest absolute Gasteiger partial charge is 0.350 e. The summed E-state index contributed by atoms with van der Waals surface area (Å²) >= 11 is 0.873. The molecule has 0 saturated heterocycles. The molecule has 1 aromatic heterocycles. The summed E-state index contributed by atoms with van der Waals surface area (Å²) in [5, 5.41) is 24.4. The molecule has 31 heavy (non-hydrogen) atoms. The number of nitriles is 1. The molecule has 0 fully saturated rings. The Bertz CT molecular complexity index is 1130. The first kappa shape index (κ1) is 23.2. The molecule has 0 aliphatic rings. The number of thiazole rings is 1. The lowest BCUT2D eigenvalue weighted by atomic mass is 10.1. The van der Waals surface area contributed by atoms with Crippen molar-refractivity contribution in [3.8, 4) is 6.07 Å². The molecule has 0 aliphatic carbocycles. The van der Waals surface area contributed by atoms with Crippen LogP contribution >= 0.6 is 11.3 Å². The Balaban J connectivity index is 2.28. The Morgan fingerprint density at radius 2 is 2.03 bits per heavy atom. The third-order valence-electron chi connectivity index (χ3n) is 3.69. The number of hydrogen-bond donors (Lipinski definition) is 3. The van der Waals surface area contributed by atoms with E-state index in [9.17, 15) is 24.3 Å². The molecular weight excluding hydrogens is 426 g/mol. The van der Waals surface area contributed by atoms with Crippen LogP contribution in [0, 0.1) is 18.3 Å². The summed E-state index contributed by atoms with van der Waals surface area (Å²) in [5.41, 5.74) is 2.00. The van der Waals surface area contributed by atoms with Crippen molar-refractivity contribution in [2.24, 2.45) is 5.10 Å². The number of rotatable bonds is 8. The van der Waals surface area contributed by atoms with Crippen molar-refractivity contribution in [3.63, 3.8) is 0 Å². The van der Waals surface area contributed by atoms with Crippen molar-refractivity contribution in [2.75, 3.05) is 17.3 Å². The van der Waals surface area contributed by atoms with Gasteiger partial charge in [0.05, 0.1) is 35.2 Å². The predicted molar refractivity (Wildman–Crippen MR) is 111 cm³/mol.